The van der Waals surface area contributed by atoms with Crippen LogP contribution < -0.4 is 15.8 Å². The molecular weight excluding hydrogens is 393 g/mol. The van der Waals surface area contributed by atoms with Crippen molar-refractivity contribution >= 4 is 29.9 Å². The van der Waals surface area contributed by atoms with Crippen LogP contribution in [0.1, 0.15) is 26.3 Å². The zero-order valence-electron chi connectivity index (χ0n) is 13.8. The predicted octanol–water partition coefficient (Wildman–Crippen LogP) is 2.78. The zero-order valence-corrected chi connectivity index (χ0v) is 16.2. The monoisotopic (exact) mass is 421 g/mol. The molecule has 126 valence electrons. The standard InChI is InChI=1S/C16H27N3O2.HI/c1-12(2)10-21-15-8-6-5-7-14(15)9-18-16(17)19-13(3)11-20-4;/h5-8,12-13H,9-11H2,1-4H3,(H3,17,18,19);1H. The molecule has 0 aliphatic heterocycles. The third kappa shape index (κ3) is 8.43. The van der Waals surface area contributed by atoms with Crippen LogP contribution in [0.15, 0.2) is 29.3 Å². The normalized spacial score (nSPS) is 12.7. The summed E-state index contributed by atoms with van der Waals surface area (Å²) < 4.78 is 10.8. The van der Waals surface area contributed by atoms with Gasteiger partial charge in [-0.25, -0.2) is 4.99 Å². The second-order valence-corrected chi connectivity index (χ2v) is 5.51. The summed E-state index contributed by atoms with van der Waals surface area (Å²) in [6.45, 7) is 8.02. The summed E-state index contributed by atoms with van der Waals surface area (Å²) in [6, 6.07) is 8.04. The number of aliphatic imine (C=N–C) groups is 1. The first-order chi connectivity index (χ1) is 10.0. The van der Waals surface area contributed by atoms with Crippen molar-refractivity contribution in [1.29, 1.82) is 0 Å². The molecule has 0 aliphatic rings. The van der Waals surface area contributed by atoms with Crippen molar-refractivity contribution in [2.75, 3.05) is 20.3 Å². The highest BCUT2D eigenvalue weighted by molar-refractivity contribution is 14.0. The Morgan fingerprint density at radius 3 is 2.55 bits per heavy atom. The van der Waals surface area contributed by atoms with Crippen molar-refractivity contribution in [1.82, 2.24) is 5.32 Å². The number of methoxy groups -OCH3 is 1. The number of nitrogens with one attached hydrogen (secondary N) is 1. The van der Waals surface area contributed by atoms with Gasteiger partial charge in [-0.1, -0.05) is 32.0 Å². The molecule has 0 bridgehead atoms. The molecule has 0 amide bonds. The lowest BCUT2D eigenvalue weighted by Crippen LogP contribution is -2.40. The maximum absolute atomic E-state index is 5.87. The van der Waals surface area contributed by atoms with Gasteiger partial charge in [0, 0.05) is 18.7 Å². The Hall–Kier alpha value is -1.02. The van der Waals surface area contributed by atoms with Crippen LogP contribution in [0.5, 0.6) is 5.75 Å². The van der Waals surface area contributed by atoms with Gasteiger partial charge in [-0.3, -0.25) is 0 Å². The molecule has 0 heterocycles. The topological polar surface area (TPSA) is 68.9 Å². The van der Waals surface area contributed by atoms with Crippen molar-refractivity contribution in [2.24, 2.45) is 16.6 Å². The van der Waals surface area contributed by atoms with Crippen molar-refractivity contribution in [3.8, 4) is 5.75 Å². The van der Waals surface area contributed by atoms with Gasteiger partial charge in [0.15, 0.2) is 5.96 Å². The fourth-order valence-corrected chi connectivity index (χ4v) is 1.79. The highest BCUT2D eigenvalue weighted by Gasteiger charge is 2.05. The molecule has 5 nitrogen and oxygen atoms in total. The van der Waals surface area contributed by atoms with Gasteiger partial charge in [0.1, 0.15) is 5.75 Å². The minimum atomic E-state index is 0. The molecule has 0 saturated heterocycles. The molecule has 1 atom stereocenters. The Balaban J connectivity index is 0.00000441. The largest absolute Gasteiger partial charge is 0.493 e. The van der Waals surface area contributed by atoms with Crippen LogP contribution >= 0.6 is 24.0 Å². The molecule has 1 unspecified atom stereocenters. The molecule has 0 fully saturated rings. The zero-order chi connectivity index (χ0) is 15.7. The van der Waals surface area contributed by atoms with E-state index in [1.807, 2.05) is 31.2 Å². The molecule has 0 saturated carbocycles. The molecule has 1 aromatic rings. The first-order valence-corrected chi connectivity index (χ1v) is 7.29. The Morgan fingerprint density at radius 1 is 1.23 bits per heavy atom. The van der Waals surface area contributed by atoms with E-state index < -0.39 is 0 Å². The summed E-state index contributed by atoms with van der Waals surface area (Å²) >= 11 is 0. The number of para-hydroxylation sites is 1. The fraction of sp³-hybridized carbons (Fsp3) is 0.562. The van der Waals surface area contributed by atoms with E-state index in [9.17, 15) is 0 Å². The van der Waals surface area contributed by atoms with E-state index in [1.54, 1.807) is 7.11 Å². The van der Waals surface area contributed by atoms with Crippen molar-refractivity contribution < 1.29 is 9.47 Å². The van der Waals surface area contributed by atoms with Crippen molar-refractivity contribution in [3.05, 3.63) is 29.8 Å². The van der Waals surface area contributed by atoms with Gasteiger partial charge in [0.25, 0.3) is 0 Å². The number of benzene rings is 1. The van der Waals surface area contributed by atoms with E-state index in [2.05, 4.69) is 24.2 Å². The van der Waals surface area contributed by atoms with Crippen molar-refractivity contribution in [2.45, 2.75) is 33.4 Å². The number of hydrogen-bond acceptors (Lipinski definition) is 3. The molecular formula is C16H28IN3O2. The third-order valence-corrected chi connectivity index (χ3v) is 2.78. The molecule has 3 N–H and O–H groups in total. The van der Waals surface area contributed by atoms with E-state index in [0.29, 0.717) is 31.6 Å². The lowest BCUT2D eigenvalue weighted by molar-refractivity contribution is 0.179. The summed E-state index contributed by atoms with van der Waals surface area (Å²) in [4.78, 5) is 4.35. The molecule has 1 rings (SSSR count). The van der Waals surface area contributed by atoms with Crippen LogP contribution in [0.4, 0.5) is 0 Å². The Labute approximate surface area is 150 Å². The molecule has 0 aliphatic carbocycles. The summed E-state index contributed by atoms with van der Waals surface area (Å²) in [6.07, 6.45) is 0. The quantitative estimate of drug-likeness (QED) is 0.385. The maximum atomic E-state index is 5.87. The van der Waals surface area contributed by atoms with Gasteiger partial charge in [-0.2, -0.15) is 0 Å². The van der Waals surface area contributed by atoms with E-state index in [1.165, 1.54) is 0 Å². The van der Waals surface area contributed by atoms with E-state index in [4.69, 9.17) is 15.2 Å². The van der Waals surface area contributed by atoms with Gasteiger partial charge in [-0.15, -0.1) is 24.0 Å². The van der Waals surface area contributed by atoms with Crippen LogP contribution in [0.3, 0.4) is 0 Å². The average Bonchev–Trinajstić information content (AvgIpc) is 2.43. The minimum absolute atomic E-state index is 0. The second-order valence-electron chi connectivity index (χ2n) is 5.51. The fourth-order valence-electron chi connectivity index (χ4n) is 1.79. The first-order valence-electron chi connectivity index (χ1n) is 7.29. The van der Waals surface area contributed by atoms with Gasteiger partial charge < -0.3 is 20.5 Å². The lowest BCUT2D eigenvalue weighted by atomic mass is 10.2. The van der Waals surface area contributed by atoms with Gasteiger partial charge >= 0.3 is 0 Å². The van der Waals surface area contributed by atoms with E-state index in [-0.39, 0.29) is 30.0 Å². The molecule has 6 heteroatoms. The number of ether oxygens (including phenoxy) is 2. The van der Waals surface area contributed by atoms with Crippen LogP contribution in [0, 0.1) is 5.92 Å². The number of hydrogen-bond donors (Lipinski definition) is 2. The summed E-state index contributed by atoms with van der Waals surface area (Å²) in [5, 5.41) is 3.08. The van der Waals surface area contributed by atoms with Crippen LogP contribution in [0.2, 0.25) is 0 Å². The van der Waals surface area contributed by atoms with Gasteiger partial charge in [0.2, 0.25) is 0 Å². The van der Waals surface area contributed by atoms with Crippen LogP contribution in [0.25, 0.3) is 0 Å². The van der Waals surface area contributed by atoms with Crippen LogP contribution in [-0.2, 0) is 11.3 Å². The third-order valence-electron chi connectivity index (χ3n) is 2.78. The van der Waals surface area contributed by atoms with Crippen LogP contribution in [-0.4, -0.2) is 32.3 Å². The molecule has 1 aromatic carbocycles. The lowest BCUT2D eigenvalue weighted by Gasteiger charge is -2.14. The maximum Gasteiger partial charge on any atom is 0.189 e. The smallest absolute Gasteiger partial charge is 0.189 e. The van der Waals surface area contributed by atoms with Gasteiger partial charge in [-0.05, 0) is 18.9 Å². The number of rotatable bonds is 8. The summed E-state index contributed by atoms with van der Waals surface area (Å²) in [5.74, 6) is 1.77. The highest BCUT2D eigenvalue weighted by atomic mass is 127. The van der Waals surface area contributed by atoms with E-state index >= 15 is 0 Å². The van der Waals surface area contributed by atoms with E-state index in [0.717, 1.165) is 11.3 Å². The second kappa shape index (κ2) is 11.5. The number of halogens is 1. The number of nitrogens with two attached hydrogens (primary N) is 1. The Kier molecular flexibility index (Phi) is 11.0. The average molecular weight is 421 g/mol. The number of nitrogens with zero attached hydrogens (tertiary/aromatic N) is 1. The Bertz CT molecular complexity index is 453. The SMILES string of the molecule is COCC(C)NC(N)=NCc1ccccc1OCC(C)C.I. The first kappa shape index (κ1) is 21.0. The minimum Gasteiger partial charge on any atom is -0.493 e. The highest BCUT2D eigenvalue weighted by Crippen LogP contribution is 2.19. The summed E-state index contributed by atoms with van der Waals surface area (Å²) in [5.41, 5.74) is 6.90. The Morgan fingerprint density at radius 2 is 1.91 bits per heavy atom. The van der Waals surface area contributed by atoms with Crippen molar-refractivity contribution in [3.63, 3.8) is 0 Å². The van der Waals surface area contributed by atoms with Gasteiger partial charge in [0.05, 0.1) is 19.8 Å². The number of guanidine groups is 1. The predicted molar refractivity (Wildman–Crippen MR) is 102 cm³/mol. The molecule has 22 heavy (non-hydrogen) atoms. The molecule has 0 radical (unpaired) electrons. The molecule has 0 aromatic heterocycles. The molecule has 0 spiro atoms. The summed E-state index contributed by atoms with van der Waals surface area (Å²) in [7, 11) is 1.66.